The molecule has 1 fully saturated rings. The molecule has 2 aliphatic rings. The highest BCUT2D eigenvalue weighted by Gasteiger charge is 2.24. The van der Waals surface area contributed by atoms with E-state index in [0.717, 1.165) is 24.3 Å². The van der Waals surface area contributed by atoms with Gasteiger partial charge in [-0.05, 0) is 37.1 Å². The maximum atomic E-state index is 11.8. The molecule has 0 bridgehead atoms. The van der Waals surface area contributed by atoms with Gasteiger partial charge in [-0.25, -0.2) is 0 Å². The first kappa shape index (κ1) is 12.9. The molecule has 4 rings (SSSR count). The van der Waals surface area contributed by atoms with E-state index in [0.29, 0.717) is 23.3 Å². The zero-order valence-corrected chi connectivity index (χ0v) is 11.7. The van der Waals surface area contributed by atoms with Crippen LogP contribution in [0.1, 0.15) is 23.3 Å². The summed E-state index contributed by atoms with van der Waals surface area (Å²) in [6, 6.07) is 9.20. The molecule has 0 unspecified atom stereocenters. The van der Waals surface area contributed by atoms with E-state index in [9.17, 15) is 4.79 Å². The van der Waals surface area contributed by atoms with E-state index < -0.39 is 0 Å². The van der Waals surface area contributed by atoms with Crippen molar-refractivity contribution >= 4 is 17.4 Å². The standard InChI is InChI=1S/C15H14N4O3/c20-15(17-9-1-2-9)11-4-6-14(19-18-11)16-10-3-5-12-13(7-10)22-8-21-12/h3-7,9H,1-2,8H2,(H,16,19)(H,17,20). The van der Waals surface area contributed by atoms with E-state index in [-0.39, 0.29) is 12.7 Å². The second kappa shape index (κ2) is 5.18. The number of rotatable bonds is 4. The van der Waals surface area contributed by atoms with Crippen LogP contribution in [0, 0.1) is 0 Å². The molecule has 112 valence electrons. The van der Waals surface area contributed by atoms with Crippen LogP contribution in [0.4, 0.5) is 11.5 Å². The van der Waals surface area contributed by atoms with Crippen molar-refractivity contribution in [3.8, 4) is 11.5 Å². The second-order valence-electron chi connectivity index (χ2n) is 5.24. The Hall–Kier alpha value is -2.83. The lowest BCUT2D eigenvalue weighted by Gasteiger charge is -2.06. The van der Waals surface area contributed by atoms with E-state index in [4.69, 9.17) is 9.47 Å². The van der Waals surface area contributed by atoms with Crippen LogP contribution in [0.5, 0.6) is 11.5 Å². The zero-order valence-electron chi connectivity index (χ0n) is 11.7. The molecule has 1 aromatic heterocycles. The maximum absolute atomic E-state index is 11.8. The van der Waals surface area contributed by atoms with E-state index in [1.807, 2.05) is 18.2 Å². The van der Waals surface area contributed by atoms with Gasteiger partial charge < -0.3 is 20.1 Å². The summed E-state index contributed by atoms with van der Waals surface area (Å²) in [5.41, 5.74) is 1.14. The van der Waals surface area contributed by atoms with Crippen LogP contribution in [0.15, 0.2) is 30.3 Å². The number of fused-ring (bicyclic) bond motifs is 1. The summed E-state index contributed by atoms with van der Waals surface area (Å²) in [5.74, 6) is 1.80. The number of hydrogen-bond donors (Lipinski definition) is 2. The van der Waals surface area contributed by atoms with Gasteiger partial charge >= 0.3 is 0 Å². The third-order valence-corrected chi connectivity index (χ3v) is 3.45. The maximum Gasteiger partial charge on any atom is 0.272 e. The minimum Gasteiger partial charge on any atom is -0.454 e. The Morgan fingerprint density at radius 1 is 1.09 bits per heavy atom. The Morgan fingerprint density at radius 2 is 1.95 bits per heavy atom. The fourth-order valence-electron chi connectivity index (χ4n) is 2.13. The van der Waals surface area contributed by atoms with Crippen LogP contribution in [-0.4, -0.2) is 28.9 Å². The first-order valence-corrected chi connectivity index (χ1v) is 7.09. The van der Waals surface area contributed by atoms with Gasteiger partial charge in [-0.15, -0.1) is 10.2 Å². The molecule has 1 aromatic carbocycles. The molecule has 7 heteroatoms. The predicted molar refractivity (Wildman–Crippen MR) is 78.4 cm³/mol. The minimum absolute atomic E-state index is 0.176. The third-order valence-electron chi connectivity index (χ3n) is 3.45. The lowest BCUT2D eigenvalue weighted by Crippen LogP contribution is -2.26. The molecule has 0 spiro atoms. The van der Waals surface area contributed by atoms with Gasteiger partial charge in [-0.2, -0.15) is 0 Å². The van der Waals surface area contributed by atoms with E-state index in [2.05, 4.69) is 20.8 Å². The van der Waals surface area contributed by atoms with Crippen molar-refractivity contribution in [3.63, 3.8) is 0 Å². The van der Waals surface area contributed by atoms with Gasteiger partial charge in [0.05, 0.1) is 0 Å². The molecule has 22 heavy (non-hydrogen) atoms. The minimum atomic E-state index is -0.176. The zero-order chi connectivity index (χ0) is 14.9. The van der Waals surface area contributed by atoms with Crippen LogP contribution < -0.4 is 20.1 Å². The summed E-state index contributed by atoms with van der Waals surface area (Å²) in [5, 5.41) is 14.0. The lowest BCUT2D eigenvalue weighted by atomic mass is 10.2. The molecular formula is C15H14N4O3. The molecule has 2 heterocycles. The summed E-state index contributed by atoms with van der Waals surface area (Å²) in [4.78, 5) is 11.8. The molecule has 2 N–H and O–H groups in total. The fraction of sp³-hybridized carbons (Fsp3) is 0.267. The first-order valence-electron chi connectivity index (χ1n) is 7.09. The Balaban J connectivity index is 1.45. The number of carbonyl (C=O) groups is 1. The van der Waals surface area contributed by atoms with Crippen LogP contribution in [0.2, 0.25) is 0 Å². The van der Waals surface area contributed by atoms with Crippen molar-refractivity contribution in [1.29, 1.82) is 0 Å². The molecular weight excluding hydrogens is 284 g/mol. The highest BCUT2D eigenvalue weighted by atomic mass is 16.7. The average molecular weight is 298 g/mol. The monoisotopic (exact) mass is 298 g/mol. The average Bonchev–Trinajstić information content (AvgIpc) is 3.22. The number of nitrogens with zero attached hydrogens (tertiary/aromatic N) is 2. The molecule has 1 aliphatic carbocycles. The number of hydrogen-bond acceptors (Lipinski definition) is 6. The highest BCUT2D eigenvalue weighted by Crippen LogP contribution is 2.34. The highest BCUT2D eigenvalue weighted by molar-refractivity contribution is 5.92. The number of anilines is 2. The van der Waals surface area contributed by atoms with Crippen LogP contribution in [-0.2, 0) is 0 Å². The van der Waals surface area contributed by atoms with Crippen LogP contribution >= 0.6 is 0 Å². The number of ether oxygens (including phenoxy) is 2. The Labute approximate surface area is 126 Å². The van der Waals surface area contributed by atoms with E-state index in [1.165, 1.54) is 0 Å². The number of nitrogens with one attached hydrogen (secondary N) is 2. The molecule has 0 atom stereocenters. The van der Waals surface area contributed by atoms with Gasteiger partial charge in [-0.3, -0.25) is 4.79 Å². The molecule has 1 aliphatic heterocycles. The number of carbonyl (C=O) groups excluding carboxylic acids is 1. The fourth-order valence-corrected chi connectivity index (χ4v) is 2.13. The van der Waals surface area contributed by atoms with Crippen molar-refractivity contribution < 1.29 is 14.3 Å². The smallest absolute Gasteiger partial charge is 0.272 e. The summed E-state index contributed by atoms with van der Waals surface area (Å²) in [6.45, 7) is 0.239. The third kappa shape index (κ3) is 2.65. The number of benzene rings is 1. The molecule has 1 saturated carbocycles. The predicted octanol–water partition coefficient (Wildman–Crippen LogP) is 1.84. The van der Waals surface area contributed by atoms with E-state index >= 15 is 0 Å². The summed E-state index contributed by atoms with van der Waals surface area (Å²) in [6.07, 6.45) is 2.09. The van der Waals surface area contributed by atoms with Gasteiger partial charge in [0.2, 0.25) is 6.79 Å². The summed E-state index contributed by atoms with van der Waals surface area (Å²) < 4.78 is 10.6. The molecule has 2 aromatic rings. The van der Waals surface area contributed by atoms with Crippen molar-refractivity contribution in [1.82, 2.24) is 15.5 Å². The Bertz CT molecular complexity index is 713. The van der Waals surface area contributed by atoms with Gasteiger partial charge in [0.1, 0.15) is 0 Å². The van der Waals surface area contributed by atoms with Gasteiger partial charge in [-0.1, -0.05) is 0 Å². The normalized spacial score (nSPS) is 15.5. The van der Waals surface area contributed by atoms with Gasteiger partial charge in [0.25, 0.3) is 5.91 Å². The van der Waals surface area contributed by atoms with Crippen molar-refractivity contribution in [2.75, 3.05) is 12.1 Å². The SMILES string of the molecule is O=C(NC1CC1)c1ccc(Nc2ccc3c(c2)OCO3)nn1. The number of amides is 1. The summed E-state index contributed by atoms with van der Waals surface area (Å²) in [7, 11) is 0. The largest absolute Gasteiger partial charge is 0.454 e. The number of aromatic nitrogens is 2. The van der Waals surface area contributed by atoms with Crippen LogP contribution in [0.3, 0.4) is 0 Å². The topological polar surface area (TPSA) is 85.4 Å². The lowest BCUT2D eigenvalue weighted by molar-refractivity contribution is 0.0945. The van der Waals surface area contributed by atoms with Gasteiger partial charge in [0.15, 0.2) is 23.0 Å². The molecule has 0 radical (unpaired) electrons. The summed E-state index contributed by atoms with van der Waals surface area (Å²) >= 11 is 0. The van der Waals surface area contributed by atoms with Crippen molar-refractivity contribution in [2.24, 2.45) is 0 Å². The van der Waals surface area contributed by atoms with Gasteiger partial charge in [0, 0.05) is 17.8 Å². The first-order chi connectivity index (χ1) is 10.8. The molecule has 0 saturated heterocycles. The quantitative estimate of drug-likeness (QED) is 0.896. The molecule has 7 nitrogen and oxygen atoms in total. The van der Waals surface area contributed by atoms with E-state index in [1.54, 1.807) is 12.1 Å². The van der Waals surface area contributed by atoms with Crippen molar-refractivity contribution in [2.45, 2.75) is 18.9 Å². The second-order valence-corrected chi connectivity index (χ2v) is 5.24. The Kier molecular flexibility index (Phi) is 3.03. The Morgan fingerprint density at radius 3 is 2.73 bits per heavy atom. The molecule has 1 amide bonds. The van der Waals surface area contributed by atoms with Crippen LogP contribution in [0.25, 0.3) is 0 Å². The van der Waals surface area contributed by atoms with Crippen molar-refractivity contribution in [3.05, 3.63) is 36.0 Å².